The van der Waals surface area contributed by atoms with E-state index in [0.717, 1.165) is 17.0 Å². The van der Waals surface area contributed by atoms with E-state index in [0.29, 0.717) is 42.4 Å². The number of ether oxygens (including phenoxy) is 3. The lowest BCUT2D eigenvalue weighted by atomic mass is 10.1. The maximum absolute atomic E-state index is 12.9. The van der Waals surface area contributed by atoms with E-state index >= 15 is 0 Å². The highest BCUT2D eigenvalue weighted by atomic mass is 16.5. The highest BCUT2D eigenvalue weighted by molar-refractivity contribution is 5.97. The summed E-state index contributed by atoms with van der Waals surface area (Å²) in [6.45, 7) is 4.65. The van der Waals surface area contributed by atoms with Gasteiger partial charge in [-0.25, -0.2) is 9.97 Å². The van der Waals surface area contributed by atoms with Crippen LogP contribution < -0.4 is 19.5 Å². The van der Waals surface area contributed by atoms with Gasteiger partial charge >= 0.3 is 6.01 Å². The SMILES string of the molecule is COc1ccc(CCN2CC(C(=O)Nc3cccc(Oc4nc(C)cc(C)n4)c3)CC2=O)cc1OC. The molecule has 1 unspecified atom stereocenters. The van der Waals surface area contributed by atoms with Crippen molar-refractivity contribution in [3.05, 3.63) is 65.5 Å². The lowest BCUT2D eigenvalue weighted by molar-refractivity contribution is -0.128. The van der Waals surface area contributed by atoms with Crippen molar-refractivity contribution in [1.29, 1.82) is 0 Å². The molecule has 4 rings (SSSR count). The molecule has 1 fully saturated rings. The number of benzene rings is 2. The fourth-order valence-corrected chi connectivity index (χ4v) is 4.19. The number of carbonyl (C=O) groups is 2. The summed E-state index contributed by atoms with van der Waals surface area (Å²) in [6, 6.07) is 14.9. The second-order valence-corrected chi connectivity index (χ2v) is 8.73. The van der Waals surface area contributed by atoms with Gasteiger partial charge in [-0.2, -0.15) is 0 Å². The van der Waals surface area contributed by atoms with Gasteiger partial charge in [-0.1, -0.05) is 12.1 Å². The zero-order valence-corrected chi connectivity index (χ0v) is 20.9. The Morgan fingerprint density at radius 3 is 2.50 bits per heavy atom. The van der Waals surface area contributed by atoms with E-state index in [-0.39, 0.29) is 24.2 Å². The van der Waals surface area contributed by atoms with Crippen molar-refractivity contribution in [2.45, 2.75) is 26.7 Å². The molecule has 1 N–H and O–H groups in total. The minimum Gasteiger partial charge on any atom is -0.493 e. The Morgan fingerprint density at radius 1 is 1.03 bits per heavy atom. The van der Waals surface area contributed by atoms with Crippen LogP contribution in [0.4, 0.5) is 5.69 Å². The monoisotopic (exact) mass is 490 g/mol. The Morgan fingerprint density at radius 2 is 1.78 bits per heavy atom. The number of hydrogen-bond donors (Lipinski definition) is 1. The quantitative estimate of drug-likeness (QED) is 0.485. The molecule has 188 valence electrons. The normalized spacial score (nSPS) is 15.1. The van der Waals surface area contributed by atoms with Gasteiger partial charge in [-0.15, -0.1) is 0 Å². The van der Waals surface area contributed by atoms with Crippen LogP contribution in [-0.2, 0) is 16.0 Å². The van der Waals surface area contributed by atoms with Crippen LogP contribution in [0.3, 0.4) is 0 Å². The van der Waals surface area contributed by atoms with Crippen molar-refractivity contribution in [3.8, 4) is 23.3 Å². The predicted molar refractivity (Wildman–Crippen MR) is 135 cm³/mol. The summed E-state index contributed by atoms with van der Waals surface area (Å²) < 4.78 is 16.4. The highest BCUT2D eigenvalue weighted by Crippen LogP contribution is 2.28. The van der Waals surface area contributed by atoms with Crippen LogP contribution in [0, 0.1) is 19.8 Å². The standard InChI is InChI=1S/C27H30N4O5/c1-17-12-18(2)29-27(28-17)36-22-7-5-6-21(15-22)30-26(33)20-14-25(32)31(16-20)11-10-19-8-9-23(34-3)24(13-19)35-4/h5-9,12-13,15,20H,10-11,14,16H2,1-4H3,(H,30,33). The molecular weight excluding hydrogens is 460 g/mol. The molecule has 2 aromatic carbocycles. The molecule has 0 radical (unpaired) electrons. The van der Waals surface area contributed by atoms with Crippen LogP contribution in [-0.4, -0.2) is 54.0 Å². The molecule has 1 aliphatic rings. The average molecular weight is 491 g/mol. The number of aromatic nitrogens is 2. The molecule has 1 aliphatic heterocycles. The van der Waals surface area contributed by atoms with Crippen LogP contribution in [0.1, 0.15) is 23.4 Å². The Kier molecular flexibility index (Phi) is 7.68. The molecule has 36 heavy (non-hydrogen) atoms. The van der Waals surface area contributed by atoms with Crippen LogP contribution >= 0.6 is 0 Å². The maximum atomic E-state index is 12.9. The van der Waals surface area contributed by atoms with Gasteiger partial charge in [0, 0.05) is 42.7 Å². The van der Waals surface area contributed by atoms with Gasteiger partial charge in [0.15, 0.2) is 11.5 Å². The summed E-state index contributed by atoms with van der Waals surface area (Å²) >= 11 is 0. The first-order valence-corrected chi connectivity index (χ1v) is 11.7. The minimum atomic E-state index is -0.421. The van der Waals surface area contributed by atoms with Crippen LogP contribution in [0.5, 0.6) is 23.3 Å². The third-order valence-electron chi connectivity index (χ3n) is 5.98. The van der Waals surface area contributed by atoms with Crippen LogP contribution in [0.15, 0.2) is 48.5 Å². The number of nitrogens with one attached hydrogen (secondary N) is 1. The number of aryl methyl sites for hydroxylation is 2. The van der Waals surface area contributed by atoms with E-state index in [9.17, 15) is 9.59 Å². The summed E-state index contributed by atoms with van der Waals surface area (Å²) in [6.07, 6.45) is 0.838. The number of anilines is 1. The Hall–Kier alpha value is -4.14. The van der Waals surface area contributed by atoms with E-state index in [4.69, 9.17) is 14.2 Å². The Labute approximate surface area is 210 Å². The molecule has 1 atom stereocenters. The molecule has 0 aliphatic carbocycles. The van der Waals surface area contributed by atoms with E-state index in [1.54, 1.807) is 43.4 Å². The molecule has 0 saturated carbocycles. The Bertz CT molecular complexity index is 1240. The molecule has 9 heteroatoms. The molecule has 2 amide bonds. The lowest BCUT2D eigenvalue weighted by Gasteiger charge is -2.17. The smallest absolute Gasteiger partial charge is 0.322 e. The van der Waals surface area contributed by atoms with E-state index in [1.807, 2.05) is 38.1 Å². The zero-order chi connectivity index (χ0) is 25.7. The number of amides is 2. The topological polar surface area (TPSA) is 103 Å². The molecule has 1 aromatic heterocycles. The van der Waals surface area contributed by atoms with Gasteiger partial charge in [0.1, 0.15) is 5.75 Å². The van der Waals surface area contributed by atoms with Gasteiger partial charge in [-0.05, 0) is 56.2 Å². The van der Waals surface area contributed by atoms with Crippen LogP contribution in [0.25, 0.3) is 0 Å². The molecule has 1 saturated heterocycles. The first kappa shape index (κ1) is 25.0. The van der Waals surface area contributed by atoms with Crippen molar-refractivity contribution in [2.24, 2.45) is 5.92 Å². The molecule has 2 heterocycles. The number of methoxy groups -OCH3 is 2. The van der Waals surface area contributed by atoms with Gasteiger partial charge in [0.2, 0.25) is 11.8 Å². The number of nitrogens with zero attached hydrogens (tertiary/aromatic N) is 3. The fourth-order valence-electron chi connectivity index (χ4n) is 4.19. The van der Waals surface area contributed by atoms with Crippen molar-refractivity contribution in [3.63, 3.8) is 0 Å². The van der Waals surface area contributed by atoms with Gasteiger partial charge in [-0.3, -0.25) is 9.59 Å². The third kappa shape index (κ3) is 6.10. The van der Waals surface area contributed by atoms with Crippen LogP contribution in [0.2, 0.25) is 0 Å². The molecule has 3 aromatic rings. The molecule has 9 nitrogen and oxygen atoms in total. The van der Waals surface area contributed by atoms with Crippen molar-refractivity contribution in [1.82, 2.24) is 14.9 Å². The third-order valence-corrected chi connectivity index (χ3v) is 5.98. The average Bonchev–Trinajstić information content (AvgIpc) is 3.22. The van der Waals surface area contributed by atoms with Gasteiger partial charge < -0.3 is 24.4 Å². The minimum absolute atomic E-state index is 0.0281. The summed E-state index contributed by atoms with van der Waals surface area (Å²) in [5.41, 5.74) is 3.23. The molecule has 0 spiro atoms. The maximum Gasteiger partial charge on any atom is 0.322 e. The summed E-state index contributed by atoms with van der Waals surface area (Å²) in [5.74, 6) is 1.17. The highest BCUT2D eigenvalue weighted by Gasteiger charge is 2.34. The van der Waals surface area contributed by atoms with Gasteiger partial charge in [0.05, 0.1) is 20.1 Å². The molecular formula is C27H30N4O5. The summed E-state index contributed by atoms with van der Waals surface area (Å²) in [7, 11) is 3.18. The predicted octanol–water partition coefficient (Wildman–Crippen LogP) is 3.93. The van der Waals surface area contributed by atoms with Crippen molar-refractivity contribution >= 4 is 17.5 Å². The van der Waals surface area contributed by atoms with E-state index in [2.05, 4.69) is 15.3 Å². The van der Waals surface area contributed by atoms with E-state index < -0.39 is 5.92 Å². The fraction of sp³-hybridized carbons (Fsp3) is 0.333. The molecule has 0 bridgehead atoms. The van der Waals surface area contributed by atoms with Crippen molar-refractivity contribution < 1.29 is 23.8 Å². The largest absolute Gasteiger partial charge is 0.493 e. The lowest BCUT2D eigenvalue weighted by Crippen LogP contribution is -2.30. The van der Waals surface area contributed by atoms with Crippen molar-refractivity contribution in [2.75, 3.05) is 32.6 Å². The van der Waals surface area contributed by atoms with E-state index in [1.165, 1.54) is 0 Å². The number of carbonyl (C=O) groups excluding carboxylic acids is 2. The first-order valence-electron chi connectivity index (χ1n) is 11.7. The number of likely N-dealkylation sites (tertiary alicyclic amines) is 1. The Balaban J connectivity index is 1.33. The second-order valence-electron chi connectivity index (χ2n) is 8.73. The zero-order valence-electron chi connectivity index (χ0n) is 20.9. The number of rotatable bonds is 9. The number of hydrogen-bond acceptors (Lipinski definition) is 7. The summed E-state index contributed by atoms with van der Waals surface area (Å²) in [5, 5.41) is 2.91. The van der Waals surface area contributed by atoms with Gasteiger partial charge in [0.25, 0.3) is 0 Å². The summed E-state index contributed by atoms with van der Waals surface area (Å²) in [4.78, 5) is 35.8. The first-order chi connectivity index (χ1) is 17.3. The second kappa shape index (κ2) is 11.1.